The summed E-state index contributed by atoms with van der Waals surface area (Å²) in [4.78, 5) is 13.1. The molecule has 0 saturated heterocycles. The Morgan fingerprint density at radius 3 is 2.68 bits per heavy atom. The Morgan fingerprint density at radius 1 is 1.47 bits per heavy atom. The van der Waals surface area contributed by atoms with Gasteiger partial charge in [-0.3, -0.25) is 9.69 Å². The molecule has 0 spiro atoms. The van der Waals surface area contributed by atoms with Gasteiger partial charge in [0.1, 0.15) is 0 Å². The second kappa shape index (κ2) is 5.33. The molecule has 0 heterocycles. The molecule has 1 fully saturated rings. The monoisotopic (exact) mass is 261 g/mol. The summed E-state index contributed by atoms with van der Waals surface area (Å²) < 4.78 is 0. The predicted octanol–water partition coefficient (Wildman–Crippen LogP) is 3.02. The molecule has 19 heavy (non-hydrogen) atoms. The molecule has 1 aliphatic rings. The predicted molar refractivity (Wildman–Crippen MR) is 76.3 cm³/mol. The van der Waals surface area contributed by atoms with Crippen LogP contribution < -0.4 is 0 Å². The number of hydrogen-bond acceptors (Lipinski definition) is 2. The zero-order valence-corrected chi connectivity index (χ0v) is 12.2. The highest BCUT2D eigenvalue weighted by atomic mass is 16.4. The Labute approximate surface area is 115 Å². The van der Waals surface area contributed by atoms with E-state index in [9.17, 15) is 4.79 Å². The minimum Gasteiger partial charge on any atom is -0.481 e. The quantitative estimate of drug-likeness (QED) is 0.885. The van der Waals surface area contributed by atoms with E-state index in [2.05, 4.69) is 43.9 Å². The van der Waals surface area contributed by atoms with Crippen molar-refractivity contribution in [2.45, 2.75) is 45.7 Å². The van der Waals surface area contributed by atoms with Crippen molar-refractivity contribution in [2.24, 2.45) is 5.92 Å². The lowest BCUT2D eigenvalue weighted by Crippen LogP contribution is -2.24. The van der Waals surface area contributed by atoms with E-state index < -0.39 is 5.97 Å². The van der Waals surface area contributed by atoms with E-state index in [0.29, 0.717) is 5.92 Å². The maximum absolute atomic E-state index is 10.9. The summed E-state index contributed by atoms with van der Waals surface area (Å²) in [7, 11) is 2.02. The van der Waals surface area contributed by atoms with Gasteiger partial charge in [-0.2, -0.15) is 0 Å². The van der Waals surface area contributed by atoms with Gasteiger partial charge in [0.25, 0.3) is 0 Å². The first-order valence-electron chi connectivity index (χ1n) is 6.92. The van der Waals surface area contributed by atoms with Crippen LogP contribution in [0.25, 0.3) is 0 Å². The van der Waals surface area contributed by atoms with Gasteiger partial charge >= 0.3 is 5.97 Å². The molecular weight excluding hydrogens is 238 g/mol. The first-order chi connectivity index (χ1) is 8.90. The van der Waals surface area contributed by atoms with Crippen molar-refractivity contribution < 1.29 is 9.90 Å². The molecule has 104 valence electrons. The van der Waals surface area contributed by atoms with Crippen LogP contribution in [-0.2, 0) is 11.3 Å². The first-order valence-corrected chi connectivity index (χ1v) is 6.92. The zero-order chi connectivity index (χ0) is 14.2. The van der Waals surface area contributed by atoms with Crippen molar-refractivity contribution in [1.29, 1.82) is 0 Å². The van der Waals surface area contributed by atoms with E-state index in [-0.39, 0.29) is 12.0 Å². The average molecular weight is 261 g/mol. The Hall–Kier alpha value is -1.35. The number of benzene rings is 1. The molecule has 0 aromatic heterocycles. The molecule has 3 nitrogen and oxygen atoms in total. The van der Waals surface area contributed by atoms with Crippen molar-refractivity contribution in [3.05, 3.63) is 34.9 Å². The fraction of sp³-hybridized carbons (Fsp3) is 0.562. The summed E-state index contributed by atoms with van der Waals surface area (Å²) >= 11 is 0. The maximum Gasteiger partial charge on any atom is 0.308 e. The largest absolute Gasteiger partial charge is 0.481 e. The molecule has 1 saturated carbocycles. The Kier molecular flexibility index (Phi) is 3.95. The van der Waals surface area contributed by atoms with Gasteiger partial charge < -0.3 is 5.11 Å². The molecule has 1 N–H and O–H groups in total. The van der Waals surface area contributed by atoms with Gasteiger partial charge in [0.15, 0.2) is 0 Å². The normalized spacial score (nSPS) is 22.0. The van der Waals surface area contributed by atoms with Crippen LogP contribution in [0.1, 0.15) is 42.9 Å². The minimum atomic E-state index is -0.662. The molecule has 1 aromatic rings. The van der Waals surface area contributed by atoms with Gasteiger partial charge in [0.2, 0.25) is 0 Å². The molecular formula is C16H23NO2. The van der Waals surface area contributed by atoms with Crippen molar-refractivity contribution in [3.8, 4) is 0 Å². The fourth-order valence-corrected chi connectivity index (χ4v) is 2.54. The Balaban J connectivity index is 2.06. The number of rotatable bonds is 5. The smallest absolute Gasteiger partial charge is 0.308 e. The molecule has 0 radical (unpaired) electrons. The zero-order valence-electron chi connectivity index (χ0n) is 12.2. The van der Waals surface area contributed by atoms with E-state index in [0.717, 1.165) is 13.0 Å². The third-order valence-corrected chi connectivity index (χ3v) is 4.10. The third-order valence-electron chi connectivity index (χ3n) is 4.10. The summed E-state index contributed by atoms with van der Waals surface area (Å²) in [6.45, 7) is 7.34. The van der Waals surface area contributed by atoms with Crippen LogP contribution >= 0.6 is 0 Å². The summed E-state index contributed by atoms with van der Waals surface area (Å²) in [5.74, 6) is -0.305. The number of aryl methyl sites for hydroxylation is 1. The van der Waals surface area contributed by atoms with Crippen molar-refractivity contribution in [3.63, 3.8) is 0 Å². The SMILES string of the molecule is Cc1ccc(C(C)C)cc1CN(C)C1CC1C(=O)O. The standard InChI is InChI=1S/C16H23NO2/c1-10(2)12-6-5-11(3)13(7-12)9-17(4)15-8-14(15)16(18)19/h5-7,10,14-15H,8-9H2,1-4H3,(H,18,19). The second-order valence-electron chi connectivity index (χ2n) is 6.00. The van der Waals surface area contributed by atoms with Crippen LogP contribution in [0.3, 0.4) is 0 Å². The minimum absolute atomic E-state index is 0.168. The van der Waals surface area contributed by atoms with Crippen LogP contribution in [0.2, 0.25) is 0 Å². The molecule has 0 bridgehead atoms. The summed E-state index contributed by atoms with van der Waals surface area (Å²) in [5.41, 5.74) is 3.94. The van der Waals surface area contributed by atoms with Crippen LogP contribution in [-0.4, -0.2) is 29.1 Å². The van der Waals surface area contributed by atoms with Crippen LogP contribution in [0.4, 0.5) is 0 Å². The van der Waals surface area contributed by atoms with Gasteiger partial charge in [-0.1, -0.05) is 32.0 Å². The summed E-state index contributed by atoms with van der Waals surface area (Å²) in [6.07, 6.45) is 0.786. The number of carboxylic acids is 1. The molecule has 3 heteroatoms. The highest BCUT2D eigenvalue weighted by Gasteiger charge is 2.45. The van der Waals surface area contributed by atoms with E-state index in [1.165, 1.54) is 16.7 Å². The molecule has 2 unspecified atom stereocenters. The number of aliphatic carboxylic acids is 1. The number of carbonyl (C=O) groups is 1. The Bertz CT molecular complexity index is 482. The van der Waals surface area contributed by atoms with Gasteiger partial charge in [-0.05, 0) is 43.0 Å². The summed E-state index contributed by atoms with van der Waals surface area (Å²) in [6, 6.07) is 6.81. The number of carboxylic acid groups (broad SMARTS) is 1. The molecule has 1 aliphatic carbocycles. The molecule has 0 amide bonds. The maximum atomic E-state index is 10.9. The average Bonchev–Trinajstić information content (AvgIpc) is 3.11. The number of nitrogens with zero attached hydrogens (tertiary/aromatic N) is 1. The van der Waals surface area contributed by atoms with E-state index in [1.807, 2.05) is 7.05 Å². The van der Waals surface area contributed by atoms with Crippen molar-refractivity contribution in [1.82, 2.24) is 4.90 Å². The van der Waals surface area contributed by atoms with Gasteiger partial charge in [0, 0.05) is 12.6 Å². The van der Waals surface area contributed by atoms with E-state index in [1.54, 1.807) is 0 Å². The fourth-order valence-electron chi connectivity index (χ4n) is 2.54. The van der Waals surface area contributed by atoms with Crippen LogP contribution in [0, 0.1) is 12.8 Å². The lowest BCUT2D eigenvalue weighted by atomic mass is 9.97. The third kappa shape index (κ3) is 3.16. The summed E-state index contributed by atoms with van der Waals surface area (Å²) in [5, 5.41) is 8.98. The topological polar surface area (TPSA) is 40.5 Å². The van der Waals surface area contributed by atoms with E-state index in [4.69, 9.17) is 5.11 Å². The van der Waals surface area contributed by atoms with Gasteiger partial charge in [-0.15, -0.1) is 0 Å². The second-order valence-corrected chi connectivity index (χ2v) is 6.00. The highest BCUT2D eigenvalue weighted by molar-refractivity contribution is 5.74. The Morgan fingerprint density at radius 2 is 2.16 bits per heavy atom. The molecule has 2 rings (SSSR count). The molecule has 2 atom stereocenters. The van der Waals surface area contributed by atoms with Gasteiger partial charge in [0.05, 0.1) is 5.92 Å². The number of hydrogen-bond donors (Lipinski definition) is 1. The van der Waals surface area contributed by atoms with Crippen molar-refractivity contribution >= 4 is 5.97 Å². The van der Waals surface area contributed by atoms with Crippen LogP contribution in [0.15, 0.2) is 18.2 Å². The van der Waals surface area contributed by atoms with Crippen molar-refractivity contribution in [2.75, 3.05) is 7.05 Å². The molecule has 0 aliphatic heterocycles. The van der Waals surface area contributed by atoms with E-state index >= 15 is 0 Å². The first kappa shape index (κ1) is 14.1. The van der Waals surface area contributed by atoms with Gasteiger partial charge in [-0.25, -0.2) is 0 Å². The lowest BCUT2D eigenvalue weighted by molar-refractivity contribution is -0.138. The lowest BCUT2D eigenvalue weighted by Gasteiger charge is -2.19. The molecule has 1 aromatic carbocycles. The highest BCUT2D eigenvalue weighted by Crippen LogP contribution is 2.36. The van der Waals surface area contributed by atoms with Crippen LogP contribution in [0.5, 0.6) is 0 Å².